The van der Waals surface area contributed by atoms with Crippen LogP contribution in [-0.2, 0) is 0 Å². The van der Waals surface area contributed by atoms with Crippen LogP contribution < -0.4 is 15.5 Å². The van der Waals surface area contributed by atoms with E-state index in [0.29, 0.717) is 13.1 Å². The molecule has 30 heavy (non-hydrogen) atoms. The van der Waals surface area contributed by atoms with Crippen LogP contribution in [0.4, 0.5) is 17.3 Å². The molecule has 0 aromatic carbocycles. The predicted octanol–water partition coefficient (Wildman–Crippen LogP) is 3.63. The molecule has 158 valence electrons. The third kappa shape index (κ3) is 4.11. The van der Waals surface area contributed by atoms with Crippen molar-refractivity contribution < 1.29 is 4.79 Å². The maximum absolute atomic E-state index is 12.8. The molecule has 8 heteroatoms. The molecule has 4 rings (SSSR count). The zero-order chi connectivity index (χ0) is 21.1. The molecule has 4 heterocycles. The van der Waals surface area contributed by atoms with Crippen molar-refractivity contribution in [2.24, 2.45) is 0 Å². The summed E-state index contributed by atoms with van der Waals surface area (Å²) in [5.74, 6) is 1.58. The molecule has 1 aliphatic heterocycles. The van der Waals surface area contributed by atoms with Crippen LogP contribution >= 0.6 is 11.3 Å². The lowest BCUT2D eigenvalue weighted by Gasteiger charge is -2.29. The van der Waals surface area contributed by atoms with Crippen LogP contribution in [0.15, 0.2) is 30.6 Å². The largest absolute Gasteiger partial charge is 0.368 e. The number of nitrogens with one attached hydrogen (secondary N) is 2. The summed E-state index contributed by atoms with van der Waals surface area (Å²) in [7, 11) is 0. The number of hydrogen-bond acceptors (Lipinski definition) is 7. The first-order valence-corrected chi connectivity index (χ1v) is 11.3. The SMILES string of the molecule is CCN(CC)C(=O)c1sc2cnc(Nc3ccc(N4CCNCC4)cn3)cc2c1C. The number of hydrogen-bond donors (Lipinski definition) is 2. The van der Waals surface area contributed by atoms with Crippen molar-refractivity contribution in [3.63, 3.8) is 0 Å². The smallest absolute Gasteiger partial charge is 0.264 e. The van der Waals surface area contributed by atoms with Crippen LogP contribution in [0.2, 0.25) is 0 Å². The molecule has 7 nitrogen and oxygen atoms in total. The Bertz CT molecular complexity index is 1020. The Hall–Kier alpha value is -2.71. The van der Waals surface area contributed by atoms with Gasteiger partial charge in [-0.15, -0.1) is 11.3 Å². The van der Waals surface area contributed by atoms with E-state index in [1.54, 1.807) is 0 Å². The minimum absolute atomic E-state index is 0.0957. The van der Waals surface area contributed by atoms with Gasteiger partial charge < -0.3 is 20.4 Å². The van der Waals surface area contributed by atoms with Gasteiger partial charge in [-0.3, -0.25) is 4.79 Å². The minimum atomic E-state index is 0.0957. The second-order valence-electron chi connectivity index (χ2n) is 7.36. The molecule has 0 bridgehead atoms. The van der Waals surface area contributed by atoms with Crippen molar-refractivity contribution in [2.45, 2.75) is 20.8 Å². The molecule has 1 amide bonds. The van der Waals surface area contributed by atoms with E-state index in [0.717, 1.165) is 64.0 Å². The molecule has 0 atom stereocenters. The number of piperazine rings is 1. The van der Waals surface area contributed by atoms with E-state index in [1.165, 1.54) is 11.3 Å². The van der Waals surface area contributed by atoms with Gasteiger partial charge >= 0.3 is 0 Å². The lowest BCUT2D eigenvalue weighted by atomic mass is 10.1. The lowest BCUT2D eigenvalue weighted by molar-refractivity contribution is 0.0777. The van der Waals surface area contributed by atoms with Crippen LogP contribution in [0.25, 0.3) is 10.1 Å². The highest BCUT2D eigenvalue weighted by Gasteiger charge is 2.20. The Morgan fingerprint density at radius 3 is 2.57 bits per heavy atom. The molecular formula is C22H28N6OS. The number of fused-ring (bicyclic) bond motifs is 1. The number of aromatic nitrogens is 2. The van der Waals surface area contributed by atoms with E-state index >= 15 is 0 Å². The maximum atomic E-state index is 12.8. The van der Waals surface area contributed by atoms with Gasteiger partial charge in [0.15, 0.2) is 0 Å². The van der Waals surface area contributed by atoms with Gasteiger partial charge in [0.1, 0.15) is 11.6 Å². The fraction of sp³-hybridized carbons (Fsp3) is 0.409. The third-order valence-electron chi connectivity index (χ3n) is 5.56. The zero-order valence-electron chi connectivity index (χ0n) is 17.7. The summed E-state index contributed by atoms with van der Waals surface area (Å²) < 4.78 is 1.02. The highest BCUT2D eigenvalue weighted by Crippen LogP contribution is 2.33. The number of carbonyl (C=O) groups is 1. The van der Waals surface area contributed by atoms with E-state index in [-0.39, 0.29) is 5.91 Å². The highest BCUT2D eigenvalue weighted by atomic mass is 32.1. The Labute approximate surface area is 181 Å². The first-order valence-electron chi connectivity index (χ1n) is 10.5. The number of aryl methyl sites for hydroxylation is 1. The molecule has 0 saturated carbocycles. The summed E-state index contributed by atoms with van der Waals surface area (Å²) in [5, 5.41) is 7.72. The second-order valence-corrected chi connectivity index (χ2v) is 8.42. The summed E-state index contributed by atoms with van der Waals surface area (Å²) >= 11 is 1.52. The first-order chi connectivity index (χ1) is 14.6. The van der Waals surface area contributed by atoms with Gasteiger partial charge in [-0.05, 0) is 44.5 Å². The van der Waals surface area contributed by atoms with Gasteiger partial charge in [0, 0.05) is 50.9 Å². The normalized spacial score (nSPS) is 14.2. The highest BCUT2D eigenvalue weighted by molar-refractivity contribution is 7.21. The topological polar surface area (TPSA) is 73.4 Å². The van der Waals surface area contributed by atoms with E-state index in [2.05, 4.69) is 31.6 Å². The summed E-state index contributed by atoms with van der Waals surface area (Å²) in [6.07, 6.45) is 3.74. The number of thiophene rings is 1. The number of pyridine rings is 2. The zero-order valence-corrected chi connectivity index (χ0v) is 18.6. The van der Waals surface area contributed by atoms with Gasteiger partial charge in [0.25, 0.3) is 5.91 Å². The third-order valence-corrected chi connectivity index (χ3v) is 6.79. The molecule has 3 aromatic rings. The molecule has 0 radical (unpaired) electrons. The average molecular weight is 425 g/mol. The van der Waals surface area contributed by atoms with Crippen molar-refractivity contribution in [1.82, 2.24) is 20.2 Å². The van der Waals surface area contributed by atoms with Gasteiger partial charge in [0.2, 0.25) is 0 Å². The summed E-state index contributed by atoms with van der Waals surface area (Å²) in [5.41, 5.74) is 2.15. The van der Waals surface area contributed by atoms with Crippen molar-refractivity contribution in [3.05, 3.63) is 41.0 Å². The first kappa shape index (κ1) is 20.6. The number of nitrogens with zero attached hydrogens (tertiary/aromatic N) is 4. The van der Waals surface area contributed by atoms with E-state index in [4.69, 9.17) is 0 Å². The fourth-order valence-electron chi connectivity index (χ4n) is 3.75. The lowest BCUT2D eigenvalue weighted by Crippen LogP contribution is -2.43. The van der Waals surface area contributed by atoms with E-state index < -0.39 is 0 Å². The minimum Gasteiger partial charge on any atom is -0.368 e. The standard InChI is InChI=1S/C22H28N6OS/c1-4-27(5-2)22(29)21-15(3)17-12-20(25-14-18(17)30-21)26-19-7-6-16(13-24-19)28-10-8-23-9-11-28/h6-7,12-14,23H,4-5,8-11H2,1-3H3,(H,24,25,26). The number of amides is 1. The van der Waals surface area contributed by atoms with E-state index in [1.807, 2.05) is 50.2 Å². The van der Waals surface area contributed by atoms with Crippen molar-refractivity contribution in [2.75, 3.05) is 49.5 Å². The van der Waals surface area contributed by atoms with Crippen molar-refractivity contribution in [1.29, 1.82) is 0 Å². The van der Waals surface area contributed by atoms with Gasteiger partial charge in [-0.1, -0.05) is 0 Å². The molecule has 0 spiro atoms. The molecule has 2 N–H and O–H groups in total. The monoisotopic (exact) mass is 424 g/mol. The Morgan fingerprint density at radius 2 is 1.90 bits per heavy atom. The van der Waals surface area contributed by atoms with Crippen molar-refractivity contribution >= 4 is 44.7 Å². The molecule has 1 fully saturated rings. The molecule has 3 aromatic heterocycles. The maximum Gasteiger partial charge on any atom is 0.264 e. The molecule has 0 unspecified atom stereocenters. The van der Waals surface area contributed by atoms with Gasteiger partial charge in [-0.2, -0.15) is 0 Å². The predicted molar refractivity (Wildman–Crippen MR) is 124 cm³/mol. The molecule has 0 aliphatic carbocycles. The summed E-state index contributed by atoms with van der Waals surface area (Å²) in [4.78, 5) is 26.9. The summed E-state index contributed by atoms with van der Waals surface area (Å²) in [6, 6.07) is 6.08. The van der Waals surface area contributed by atoms with Crippen LogP contribution in [0.1, 0.15) is 29.1 Å². The van der Waals surface area contributed by atoms with Crippen molar-refractivity contribution in [3.8, 4) is 0 Å². The Balaban J connectivity index is 1.53. The molecule has 1 saturated heterocycles. The fourth-order valence-corrected chi connectivity index (χ4v) is 4.88. The molecular weight excluding hydrogens is 396 g/mol. The second kappa shape index (κ2) is 8.97. The molecule has 1 aliphatic rings. The Kier molecular flexibility index (Phi) is 6.15. The van der Waals surface area contributed by atoms with Crippen LogP contribution in [0, 0.1) is 6.92 Å². The summed E-state index contributed by atoms with van der Waals surface area (Å²) in [6.45, 7) is 11.5. The number of anilines is 3. The average Bonchev–Trinajstić information content (AvgIpc) is 3.12. The van der Waals surface area contributed by atoms with Gasteiger partial charge in [0.05, 0.1) is 21.5 Å². The van der Waals surface area contributed by atoms with Crippen LogP contribution in [-0.4, -0.2) is 60.0 Å². The number of carbonyl (C=O) groups excluding carboxylic acids is 1. The van der Waals surface area contributed by atoms with Crippen LogP contribution in [0.5, 0.6) is 0 Å². The number of rotatable bonds is 6. The van der Waals surface area contributed by atoms with E-state index in [9.17, 15) is 4.79 Å². The van der Waals surface area contributed by atoms with Gasteiger partial charge in [-0.25, -0.2) is 9.97 Å². The Morgan fingerprint density at radius 1 is 1.17 bits per heavy atom. The van der Waals surface area contributed by atoms with Crippen LogP contribution in [0.3, 0.4) is 0 Å². The quantitative estimate of drug-likeness (QED) is 0.629.